The summed E-state index contributed by atoms with van der Waals surface area (Å²) in [5.41, 5.74) is 2.11. The molecule has 0 bridgehead atoms. The largest absolute Gasteiger partial charge is 0.377 e. The van der Waals surface area contributed by atoms with Gasteiger partial charge in [0.2, 0.25) is 0 Å². The predicted molar refractivity (Wildman–Crippen MR) is 90.6 cm³/mol. The number of carbonyl (C=O) groups excluding carboxylic acids is 1. The molecule has 5 nitrogen and oxygen atoms in total. The van der Waals surface area contributed by atoms with Crippen molar-refractivity contribution in [3.63, 3.8) is 0 Å². The molecule has 2 rings (SSSR count). The molecule has 23 heavy (non-hydrogen) atoms. The van der Waals surface area contributed by atoms with Crippen LogP contribution in [0.2, 0.25) is 0 Å². The number of aryl methyl sites for hydroxylation is 1. The summed E-state index contributed by atoms with van der Waals surface area (Å²) >= 11 is 0. The summed E-state index contributed by atoms with van der Waals surface area (Å²) in [6.45, 7) is 0.547. The quantitative estimate of drug-likeness (QED) is 0.594. The fraction of sp³-hybridized carbons (Fsp3) is 0.500. The third-order valence-electron chi connectivity index (χ3n) is 3.95. The monoisotopic (exact) mass is 316 g/mol. The van der Waals surface area contributed by atoms with E-state index >= 15 is 0 Å². The van der Waals surface area contributed by atoms with Crippen LogP contribution in [0.3, 0.4) is 0 Å². The van der Waals surface area contributed by atoms with Crippen molar-refractivity contribution < 1.29 is 14.6 Å². The molecule has 0 aromatic heterocycles. The fourth-order valence-electron chi connectivity index (χ4n) is 2.42. The minimum Gasteiger partial charge on any atom is -0.377 e. The number of carbonyl (C=O) groups is 1. The van der Waals surface area contributed by atoms with Crippen LogP contribution in [0.5, 0.6) is 0 Å². The van der Waals surface area contributed by atoms with E-state index in [0.29, 0.717) is 0 Å². The first-order valence-corrected chi connectivity index (χ1v) is 7.73. The van der Waals surface area contributed by atoms with Gasteiger partial charge in [-0.05, 0) is 37.6 Å². The molecular formula is C18H24N2O3. The van der Waals surface area contributed by atoms with Crippen LogP contribution in [0.4, 0.5) is 5.69 Å². The van der Waals surface area contributed by atoms with Crippen LogP contribution in [-0.2, 0) is 16.0 Å². The van der Waals surface area contributed by atoms with Crippen LogP contribution >= 0.6 is 0 Å². The van der Waals surface area contributed by atoms with Gasteiger partial charge in [-0.3, -0.25) is 0 Å². The highest BCUT2D eigenvalue weighted by Gasteiger charge is 2.33. The van der Waals surface area contributed by atoms with E-state index in [1.54, 1.807) is 7.05 Å². The van der Waals surface area contributed by atoms with Gasteiger partial charge in [0, 0.05) is 25.3 Å². The first-order chi connectivity index (χ1) is 11.0. The molecule has 0 saturated carbocycles. The Morgan fingerprint density at radius 1 is 1.48 bits per heavy atom. The van der Waals surface area contributed by atoms with Crippen molar-refractivity contribution >= 4 is 12.0 Å². The van der Waals surface area contributed by atoms with Gasteiger partial charge in [-0.25, -0.2) is 0 Å². The van der Waals surface area contributed by atoms with E-state index in [2.05, 4.69) is 17.2 Å². The van der Waals surface area contributed by atoms with Crippen LogP contribution in [0.15, 0.2) is 18.2 Å². The molecular weight excluding hydrogens is 292 g/mol. The summed E-state index contributed by atoms with van der Waals surface area (Å²) in [5, 5.41) is 12.9. The molecule has 1 fully saturated rings. The maximum Gasteiger partial charge on any atom is 0.172 e. The molecule has 0 amide bonds. The molecule has 5 heteroatoms. The first-order valence-electron chi connectivity index (χ1n) is 7.73. The molecule has 1 aliphatic heterocycles. The summed E-state index contributed by atoms with van der Waals surface area (Å²) in [5.74, 6) is 5.89. The Morgan fingerprint density at radius 3 is 2.74 bits per heavy atom. The Bertz CT molecular complexity index is 612. The van der Waals surface area contributed by atoms with E-state index in [-0.39, 0.29) is 19.3 Å². The number of hydrogen-bond acceptors (Lipinski definition) is 5. The molecule has 124 valence electrons. The van der Waals surface area contributed by atoms with Gasteiger partial charge in [0.25, 0.3) is 0 Å². The number of nitrogens with zero attached hydrogens (tertiary/aromatic N) is 1. The van der Waals surface area contributed by atoms with Crippen LogP contribution in [0.1, 0.15) is 17.5 Å². The zero-order valence-corrected chi connectivity index (χ0v) is 13.9. The van der Waals surface area contributed by atoms with Crippen LogP contribution < -0.4 is 10.2 Å². The molecule has 0 radical (unpaired) electrons. The highest BCUT2D eigenvalue weighted by atomic mass is 16.5. The lowest BCUT2D eigenvalue weighted by atomic mass is 10.00. The average molecular weight is 316 g/mol. The molecule has 1 saturated heterocycles. The Labute approximate surface area is 137 Å². The molecule has 0 aliphatic carbocycles. The van der Waals surface area contributed by atoms with Crippen molar-refractivity contribution in [2.45, 2.75) is 24.5 Å². The molecule has 1 unspecified atom stereocenters. The first kappa shape index (κ1) is 17.5. The van der Waals surface area contributed by atoms with Gasteiger partial charge in [-0.15, -0.1) is 0 Å². The smallest absolute Gasteiger partial charge is 0.172 e. The fourth-order valence-corrected chi connectivity index (χ4v) is 2.42. The highest BCUT2D eigenvalue weighted by Crippen LogP contribution is 2.23. The Hall–Kier alpha value is -1.87. The number of anilines is 1. The Morgan fingerprint density at radius 2 is 2.22 bits per heavy atom. The van der Waals surface area contributed by atoms with Crippen LogP contribution in [-0.4, -0.2) is 57.4 Å². The summed E-state index contributed by atoms with van der Waals surface area (Å²) in [6, 6.07) is 5.88. The lowest BCUT2D eigenvalue weighted by molar-refractivity contribution is -0.140. The lowest BCUT2D eigenvalue weighted by Gasteiger charge is -2.30. The van der Waals surface area contributed by atoms with Crippen molar-refractivity contribution in [1.29, 1.82) is 0 Å². The van der Waals surface area contributed by atoms with Gasteiger partial charge >= 0.3 is 0 Å². The number of rotatable bonds is 6. The summed E-state index contributed by atoms with van der Waals surface area (Å²) in [4.78, 5) is 13.0. The second-order valence-electron chi connectivity index (χ2n) is 6.08. The molecule has 2 N–H and O–H groups in total. The van der Waals surface area contributed by atoms with E-state index in [1.807, 2.05) is 37.2 Å². The van der Waals surface area contributed by atoms with Crippen molar-refractivity contribution in [1.82, 2.24) is 5.32 Å². The van der Waals surface area contributed by atoms with Crippen molar-refractivity contribution in [3.8, 4) is 11.8 Å². The van der Waals surface area contributed by atoms with Crippen LogP contribution in [0.25, 0.3) is 0 Å². The second-order valence-corrected chi connectivity index (χ2v) is 6.08. The topological polar surface area (TPSA) is 61.8 Å². The van der Waals surface area contributed by atoms with Crippen molar-refractivity contribution in [2.24, 2.45) is 0 Å². The summed E-state index contributed by atoms with van der Waals surface area (Å²) < 4.78 is 4.99. The normalized spacial score (nSPS) is 16.7. The average Bonchev–Trinajstić information content (AvgIpc) is 2.52. The number of aliphatic hydroxyl groups is 1. The van der Waals surface area contributed by atoms with Crippen molar-refractivity contribution in [2.75, 3.05) is 39.3 Å². The van der Waals surface area contributed by atoms with E-state index < -0.39 is 5.60 Å². The van der Waals surface area contributed by atoms with E-state index in [1.165, 1.54) is 5.56 Å². The summed E-state index contributed by atoms with van der Waals surface area (Å²) in [6.07, 6.45) is 2.50. The Balaban J connectivity index is 2.16. The third-order valence-corrected chi connectivity index (χ3v) is 3.95. The van der Waals surface area contributed by atoms with Gasteiger partial charge < -0.3 is 24.9 Å². The molecule has 1 aromatic rings. The minimum atomic E-state index is -0.999. The number of nitrogens with one attached hydrogen (secondary N) is 1. The Kier molecular flexibility index (Phi) is 5.78. The van der Waals surface area contributed by atoms with E-state index in [4.69, 9.17) is 4.74 Å². The minimum absolute atomic E-state index is 0.127. The predicted octanol–water partition coefficient (Wildman–Crippen LogP) is 0.585. The SMILES string of the molecule is CNC(C=O)CCc1ccc(C#CC2(O)COC2)cc1N(C)C. The third kappa shape index (κ3) is 4.55. The zero-order chi connectivity index (χ0) is 16.9. The van der Waals surface area contributed by atoms with Gasteiger partial charge in [0.15, 0.2) is 5.60 Å². The van der Waals surface area contributed by atoms with Gasteiger partial charge in [0.1, 0.15) is 6.29 Å². The molecule has 0 spiro atoms. The molecule has 1 atom stereocenters. The van der Waals surface area contributed by atoms with Crippen molar-refractivity contribution in [3.05, 3.63) is 29.3 Å². The lowest BCUT2D eigenvalue weighted by Crippen LogP contribution is -2.48. The number of benzene rings is 1. The van der Waals surface area contributed by atoms with Gasteiger partial charge in [0.05, 0.1) is 19.3 Å². The molecule has 1 aromatic carbocycles. The standard InChI is InChI=1S/C18H24N2O3/c1-19-16(11-21)7-6-15-5-4-14(10-17(15)20(2)3)8-9-18(22)12-23-13-18/h4-5,10-11,16,19,22H,6-7,12-13H2,1-3H3. The number of hydrogen-bond donors (Lipinski definition) is 2. The van der Waals surface area contributed by atoms with Gasteiger partial charge in [-0.2, -0.15) is 0 Å². The van der Waals surface area contributed by atoms with Gasteiger partial charge in [-0.1, -0.05) is 17.9 Å². The highest BCUT2D eigenvalue weighted by molar-refractivity contribution is 5.60. The number of aldehydes is 1. The van der Waals surface area contributed by atoms with E-state index in [0.717, 1.165) is 30.4 Å². The number of ether oxygens (including phenoxy) is 1. The number of likely N-dealkylation sites (N-methyl/N-ethyl adjacent to an activating group) is 1. The summed E-state index contributed by atoms with van der Waals surface area (Å²) in [7, 11) is 5.76. The maximum absolute atomic E-state index is 10.9. The zero-order valence-electron chi connectivity index (χ0n) is 13.9. The van der Waals surface area contributed by atoms with Crippen LogP contribution in [0, 0.1) is 11.8 Å². The maximum atomic E-state index is 10.9. The second kappa shape index (κ2) is 7.60. The van der Waals surface area contributed by atoms with E-state index in [9.17, 15) is 9.90 Å². The molecule has 1 aliphatic rings. The molecule has 1 heterocycles.